The normalized spacial score (nSPS) is 24.4. The standard InChI is InChI=1S/C17H22BrFN2O3S/c1-25(23,24)20-15-7-8-21(17(22)12-3-2-4-12)16(15)10-11-5-6-14(19)13(18)9-11/h5-6,9,12,15-16,20H,2-4,7-8,10H2,1H3/t15-,16-/m1/s1. The topological polar surface area (TPSA) is 66.5 Å². The van der Waals surface area contributed by atoms with E-state index in [1.54, 1.807) is 12.1 Å². The first-order valence-electron chi connectivity index (χ1n) is 8.46. The molecule has 0 aromatic heterocycles. The molecule has 25 heavy (non-hydrogen) atoms. The molecule has 2 aliphatic rings. The summed E-state index contributed by atoms with van der Waals surface area (Å²) < 4.78 is 39.9. The highest BCUT2D eigenvalue weighted by atomic mass is 79.9. The zero-order chi connectivity index (χ0) is 18.2. The number of hydrogen-bond donors (Lipinski definition) is 1. The summed E-state index contributed by atoms with van der Waals surface area (Å²) in [4.78, 5) is 14.6. The molecule has 1 saturated heterocycles. The molecule has 0 radical (unpaired) electrons. The molecule has 0 unspecified atom stereocenters. The SMILES string of the molecule is CS(=O)(=O)N[C@@H]1CCN(C(=O)C2CCC2)[C@@H]1Cc1ccc(F)c(Br)c1. The largest absolute Gasteiger partial charge is 0.337 e. The molecule has 0 bridgehead atoms. The van der Waals surface area contributed by atoms with Gasteiger partial charge >= 0.3 is 0 Å². The van der Waals surface area contributed by atoms with E-state index in [0.717, 1.165) is 31.1 Å². The van der Waals surface area contributed by atoms with Gasteiger partial charge < -0.3 is 4.90 Å². The van der Waals surface area contributed by atoms with Crippen LogP contribution in [0.1, 0.15) is 31.2 Å². The molecule has 1 aliphatic heterocycles. The van der Waals surface area contributed by atoms with Crippen LogP contribution >= 0.6 is 15.9 Å². The number of rotatable bonds is 5. The van der Waals surface area contributed by atoms with Gasteiger partial charge in [-0.25, -0.2) is 17.5 Å². The maximum atomic E-state index is 13.5. The Balaban J connectivity index is 1.82. The molecular formula is C17H22BrFN2O3S. The van der Waals surface area contributed by atoms with E-state index in [0.29, 0.717) is 23.9 Å². The fraction of sp³-hybridized carbons (Fsp3) is 0.588. The molecule has 3 rings (SSSR count). The van der Waals surface area contributed by atoms with Crippen molar-refractivity contribution < 1.29 is 17.6 Å². The number of benzene rings is 1. The van der Waals surface area contributed by atoms with E-state index in [-0.39, 0.29) is 29.7 Å². The Morgan fingerprint density at radius 1 is 1.36 bits per heavy atom. The zero-order valence-electron chi connectivity index (χ0n) is 14.0. The monoisotopic (exact) mass is 432 g/mol. The Bertz CT molecular complexity index is 767. The summed E-state index contributed by atoms with van der Waals surface area (Å²) >= 11 is 3.18. The van der Waals surface area contributed by atoms with E-state index in [9.17, 15) is 17.6 Å². The summed E-state index contributed by atoms with van der Waals surface area (Å²) in [5.41, 5.74) is 0.867. The van der Waals surface area contributed by atoms with Crippen LogP contribution in [0, 0.1) is 11.7 Å². The van der Waals surface area contributed by atoms with Crippen LogP contribution in [0.3, 0.4) is 0 Å². The van der Waals surface area contributed by atoms with Gasteiger partial charge in [-0.3, -0.25) is 4.79 Å². The van der Waals surface area contributed by atoms with Crippen molar-refractivity contribution >= 4 is 31.9 Å². The van der Waals surface area contributed by atoms with Gasteiger partial charge in [-0.05, 0) is 59.3 Å². The van der Waals surface area contributed by atoms with Crippen molar-refractivity contribution in [2.75, 3.05) is 12.8 Å². The average molecular weight is 433 g/mol. The van der Waals surface area contributed by atoms with E-state index in [2.05, 4.69) is 20.7 Å². The minimum atomic E-state index is -3.37. The molecule has 8 heteroatoms. The maximum absolute atomic E-state index is 13.5. The predicted octanol–water partition coefficient (Wildman–Crippen LogP) is 2.45. The van der Waals surface area contributed by atoms with Crippen LogP contribution in [-0.2, 0) is 21.2 Å². The number of carbonyl (C=O) groups is 1. The molecule has 1 N–H and O–H groups in total. The van der Waals surface area contributed by atoms with Crippen LogP contribution in [0.5, 0.6) is 0 Å². The minimum Gasteiger partial charge on any atom is -0.337 e. The van der Waals surface area contributed by atoms with Gasteiger partial charge in [-0.2, -0.15) is 0 Å². The quantitative estimate of drug-likeness (QED) is 0.776. The lowest BCUT2D eigenvalue weighted by atomic mass is 9.84. The van der Waals surface area contributed by atoms with Gasteiger partial charge in [-0.15, -0.1) is 0 Å². The van der Waals surface area contributed by atoms with Crippen molar-refractivity contribution in [1.82, 2.24) is 9.62 Å². The highest BCUT2D eigenvalue weighted by molar-refractivity contribution is 9.10. The average Bonchev–Trinajstić information content (AvgIpc) is 2.82. The number of halogens is 2. The third-order valence-corrected chi connectivity index (χ3v) is 6.42. The lowest BCUT2D eigenvalue weighted by Crippen LogP contribution is -2.49. The first kappa shape index (κ1) is 18.8. The van der Waals surface area contributed by atoms with Gasteiger partial charge in [0.15, 0.2) is 0 Å². The lowest BCUT2D eigenvalue weighted by Gasteiger charge is -2.34. The molecule has 1 aromatic carbocycles. The van der Waals surface area contributed by atoms with Gasteiger partial charge in [-0.1, -0.05) is 12.5 Å². The fourth-order valence-corrected chi connectivity index (χ4v) is 4.84. The van der Waals surface area contributed by atoms with E-state index >= 15 is 0 Å². The third kappa shape index (κ3) is 4.41. The summed E-state index contributed by atoms with van der Waals surface area (Å²) in [6, 6.07) is 4.19. The molecular weight excluding hydrogens is 411 g/mol. The fourth-order valence-electron chi connectivity index (χ4n) is 3.59. The van der Waals surface area contributed by atoms with Gasteiger partial charge in [0.1, 0.15) is 5.82 Å². The highest BCUT2D eigenvalue weighted by Crippen LogP contribution is 2.32. The number of nitrogens with one attached hydrogen (secondary N) is 1. The first-order valence-corrected chi connectivity index (χ1v) is 11.1. The van der Waals surface area contributed by atoms with Gasteiger partial charge in [0.05, 0.1) is 16.8 Å². The molecule has 1 heterocycles. The first-order chi connectivity index (χ1) is 11.7. The number of sulfonamides is 1. The van der Waals surface area contributed by atoms with Crippen molar-refractivity contribution in [3.8, 4) is 0 Å². The molecule has 1 amide bonds. The summed E-state index contributed by atoms with van der Waals surface area (Å²) in [5.74, 6) is -0.155. The van der Waals surface area contributed by atoms with E-state index in [4.69, 9.17) is 0 Å². The summed E-state index contributed by atoms with van der Waals surface area (Å²) in [6.07, 6.45) is 5.12. The molecule has 2 fully saturated rings. The van der Waals surface area contributed by atoms with Crippen molar-refractivity contribution in [1.29, 1.82) is 0 Å². The molecule has 1 saturated carbocycles. The van der Waals surface area contributed by atoms with E-state index in [1.807, 2.05) is 4.90 Å². The Kier molecular flexibility index (Phi) is 5.51. The zero-order valence-corrected chi connectivity index (χ0v) is 16.4. The number of nitrogens with zero attached hydrogens (tertiary/aromatic N) is 1. The summed E-state index contributed by atoms with van der Waals surface area (Å²) in [7, 11) is -3.37. The summed E-state index contributed by atoms with van der Waals surface area (Å²) in [5, 5.41) is 0. The van der Waals surface area contributed by atoms with Crippen LogP contribution < -0.4 is 4.72 Å². The van der Waals surface area contributed by atoms with Gasteiger partial charge in [0, 0.05) is 18.5 Å². The molecule has 138 valence electrons. The van der Waals surface area contributed by atoms with Crippen LogP contribution in [0.25, 0.3) is 0 Å². The van der Waals surface area contributed by atoms with Crippen molar-refractivity contribution in [2.24, 2.45) is 5.92 Å². The Morgan fingerprint density at radius 3 is 2.64 bits per heavy atom. The maximum Gasteiger partial charge on any atom is 0.225 e. The Morgan fingerprint density at radius 2 is 2.08 bits per heavy atom. The van der Waals surface area contributed by atoms with Gasteiger partial charge in [0.25, 0.3) is 0 Å². The number of carbonyl (C=O) groups excluding carboxylic acids is 1. The second-order valence-corrected chi connectivity index (χ2v) is 9.60. The molecule has 5 nitrogen and oxygen atoms in total. The molecule has 1 aliphatic carbocycles. The third-order valence-electron chi connectivity index (χ3n) is 5.08. The minimum absolute atomic E-state index is 0.0689. The van der Waals surface area contributed by atoms with Crippen LogP contribution in [0.2, 0.25) is 0 Å². The van der Waals surface area contributed by atoms with Crippen molar-refractivity contribution in [3.05, 3.63) is 34.1 Å². The smallest absolute Gasteiger partial charge is 0.225 e. The Labute approximate surface area is 156 Å². The molecule has 1 aromatic rings. The second-order valence-electron chi connectivity index (χ2n) is 6.96. The van der Waals surface area contributed by atoms with E-state index in [1.165, 1.54) is 6.07 Å². The number of hydrogen-bond acceptors (Lipinski definition) is 3. The second kappa shape index (κ2) is 7.32. The van der Waals surface area contributed by atoms with Gasteiger partial charge in [0.2, 0.25) is 15.9 Å². The van der Waals surface area contributed by atoms with Crippen molar-refractivity contribution in [2.45, 2.75) is 44.2 Å². The predicted molar refractivity (Wildman–Crippen MR) is 97.0 cm³/mol. The van der Waals surface area contributed by atoms with Crippen LogP contribution in [-0.4, -0.2) is 44.1 Å². The molecule has 2 atom stereocenters. The Hall–Kier alpha value is -0.990. The highest BCUT2D eigenvalue weighted by Gasteiger charge is 2.41. The van der Waals surface area contributed by atoms with Crippen molar-refractivity contribution in [3.63, 3.8) is 0 Å². The lowest BCUT2D eigenvalue weighted by molar-refractivity contribution is -0.139. The van der Waals surface area contributed by atoms with Crippen LogP contribution in [0.4, 0.5) is 4.39 Å². The van der Waals surface area contributed by atoms with E-state index < -0.39 is 10.0 Å². The number of likely N-dealkylation sites (tertiary alicyclic amines) is 1. The van der Waals surface area contributed by atoms with Crippen LogP contribution in [0.15, 0.2) is 22.7 Å². The summed E-state index contributed by atoms with van der Waals surface area (Å²) in [6.45, 7) is 0.551. The number of amides is 1. The molecule has 0 spiro atoms.